The van der Waals surface area contributed by atoms with Gasteiger partial charge in [-0.1, -0.05) is 0 Å². The molecule has 12 heavy (non-hydrogen) atoms. The summed E-state index contributed by atoms with van der Waals surface area (Å²) < 4.78 is 0. The van der Waals surface area contributed by atoms with Crippen LogP contribution in [0, 0.1) is 0 Å². The maximum Gasteiger partial charge on any atom is 0.121 e. The van der Waals surface area contributed by atoms with E-state index >= 15 is 0 Å². The predicted octanol–water partition coefficient (Wildman–Crippen LogP) is 1.85. The first-order chi connectivity index (χ1) is 5.77. The molecule has 0 saturated heterocycles. The molecule has 0 aliphatic heterocycles. The van der Waals surface area contributed by atoms with Crippen LogP contribution in [0.1, 0.15) is 24.0 Å². The first-order valence-corrected chi connectivity index (χ1v) is 4.37. The number of hydrogen-bond donors (Lipinski definition) is 2. The number of aryl methyl sites for hydroxylation is 1. The van der Waals surface area contributed by atoms with Gasteiger partial charge >= 0.3 is 0 Å². The van der Waals surface area contributed by atoms with Crippen molar-refractivity contribution in [2.45, 2.75) is 25.7 Å². The average molecular weight is 163 g/mol. The van der Waals surface area contributed by atoms with Crippen LogP contribution in [-0.4, -0.2) is 5.11 Å². The molecule has 0 bridgehead atoms. The molecule has 0 amide bonds. The molecule has 1 aliphatic carbocycles. The van der Waals surface area contributed by atoms with Gasteiger partial charge in [-0.2, -0.15) is 0 Å². The minimum Gasteiger partial charge on any atom is -0.508 e. The Kier molecular flexibility index (Phi) is 1.68. The molecule has 2 heteroatoms. The van der Waals surface area contributed by atoms with Crippen LogP contribution in [0.3, 0.4) is 0 Å². The van der Waals surface area contributed by atoms with Gasteiger partial charge in [-0.15, -0.1) is 0 Å². The van der Waals surface area contributed by atoms with E-state index in [0.29, 0.717) is 11.4 Å². The third-order valence-corrected chi connectivity index (χ3v) is 2.46. The lowest BCUT2D eigenvalue weighted by molar-refractivity contribution is 0.462. The second-order valence-corrected chi connectivity index (χ2v) is 3.38. The summed E-state index contributed by atoms with van der Waals surface area (Å²) in [6.45, 7) is 0. The number of phenolic OH excluding ortho intramolecular Hbond substituents is 1. The summed E-state index contributed by atoms with van der Waals surface area (Å²) in [5, 5.41) is 9.56. The lowest BCUT2D eigenvalue weighted by atomic mass is 9.91. The van der Waals surface area contributed by atoms with Crippen molar-refractivity contribution in [3.05, 3.63) is 23.3 Å². The minimum absolute atomic E-state index is 0.379. The molecule has 0 heterocycles. The van der Waals surface area contributed by atoms with Crippen LogP contribution in [0.25, 0.3) is 0 Å². The van der Waals surface area contributed by atoms with Gasteiger partial charge in [0.15, 0.2) is 0 Å². The Morgan fingerprint density at radius 3 is 2.75 bits per heavy atom. The van der Waals surface area contributed by atoms with Crippen LogP contribution in [0.2, 0.25) is 0 Å². The van der Waals surface area contributed by atoms with Gasteiger partial charge in [0.2, 0.25) is 0 Å². The summed E-state index contributed by atoms with van der Waals surface area (Å²) in [5.41, 5.74) is 8.64. The molecule has 3 N–H and O–H groups in total. The first-order valence-electron chi connectivity index (χ1n) is 4.37. The Balaban J connectivity index is 2.53. The molecule has 0 unspecified atom stereocenters. The molecule has 0 atom stereocenters. The number of rotatable bonds is 0. The van der Waals surface area contributed by atoms with E-state index in [2.05, 4.69) is 0 Å². The van der Waals surface area contributed by atoms with Crippen molar-refractivity contribution in [3.8, 4) is 5.75 Å². The zero-order valence-electron chi connectivity index (χ0n) is 7.01. The average Bonchev–Trinajstić information content (AvgIpc) is 2.04. The summed E-state index contributed by atoms with van der Waals surface area (Å²) in [4.78, 5) is 0. The fourth-order valence-electron chi connectivity index (χ4n) is 1.87. The highest BCUT2D eigenvalue weighted by atomic mass is 16.3. The monoisotopic (exact) mass is 163 g/mol. The molecule has 2 nitrogen and oxygen atoms in total. The van der Waals surface area contributed by atoms with Crippen LogP contribution in [0.5, 0.6) is 5.75 Å². The maximum absolute atomic E-state index is 9.56. The molecular weight excluding hydrogens is 150 g/mol. The molecule has 1 aliphatic rings. The van der Waals surface area contributed by atoms with Gasteiger partial charge in [-0.05, 0) is 42.9 Å². The van der Waals surface area contributed by atoms with Crippen LogP contribution in [-0.2, 0) is 12.8 Å². The molecule has 2 rings (SSSR count). The predicted molar refractivity (Wildman–Crippen MR) is 49.2 cm³/mol. The summed E-state index contributed by atoms with van der Waals surface area (Å²) in [6.07, 6.45) is 4.47. The maximum atomic E-state index is 9.56. The Bertz CT molecular complexity index is 307. The smallest absolute Gasteiger partial charge is 0.121 e. The molecule has 0 radical (unpaired) electrons. The van der Waals surface area contributed by atoms with Crippen LogP contribution in [0.15, 0.2) is 12.1 Å². The van der Waals surface area contributed by atoms with E-state index in [1.165, 1.54) is 18.4 Å². The fourth-order valence-corrected chi connectivity index (χ4v) is 1.87. The van der Waals surface area contributed by atoms with Crippen molar-refractivity contribution >= 4 is 5.69 Å². The highest BCUT2D eigenvalue weighted by Gasteiger charge is 2.13. The van der Waals surface area contributed by atoms with E-state index in [9.17, 15) is 5.11 Å². The molecule has 1 aromatic carbocycles. The van der Waals surface area contributed by atoms with Crippen LogP contribution < -0.4 is 5.73 Å². The molecule has 0 fully saturated rings. The Morgan fingerprint density at radius 1 is 1.17 bits per heavy atom. The van der Waals surface area contributed by atoms with E-state index in [4.69, 9.17) is 5.73 Å². The summed E-state index contributed by atoms with van der Waals surface area (Å²) in [6, 6.07) is 3.62. The topological polar surface area (TPSA) is 46.2 Å². The highest BCUT2D eigenvalue weighted by Crippen LogP contribution is 2.30. The molecular formula is C10H13NO. The quantitative estimate of drug-likeness (QED) is 0.573. The lowest BCUT2D eigenvalue weighted by Crippen LogP contribution is -2.03. The van der Waals surface area contributed by atoms with Crippen molar-refractivity contribution in [2.75, 3.05) is 5.73 Å². The Hall–Kier alpha value is -1.18. The van der Waals surface area contributed by atoms with Crippen molar-refractivity contribution < 1.29 is 5.11 Å². The normalized spacial score (nSPS) is 15.7. The second-order valence-electron chi connectivity index (χ2n) is 3.38. The van der Waals surface area contributed by atoms with E-state index in [1.807, 2.05) is 6.07 Å². The van der Waals surface area contributed by atoms with Crippen molar-refractivity contribution in [3.63, 3.8) is 0 Å². The van der Waals surface area contributed by atoms with Crippen molar-refractivity contribution in [2.24, 2.45) is 0 Å². The summed E-state index contributed by atoms with van der Waals surface area (Å²) >= 11 is 0. The third-order valence-electron chi connectivity index (χ3n) is 2.46. The van der Waals surface area contributed by atoms with E-state index < -0.39 is 0 Å². The van der Waals surface area contributed by atoms with Gasteiger partial charge in [-0.25, -0.2) is 0 Å². The zero-order valence-corrected chi connectivity index (χ0v) is 7.01. The van der Waals surface area contributed by atoms with Gasteiger partial charge in [0.1, 0.15) is 5.75 Å². The van der Waals surface area contributed by atoms with Crippen molar-refractivity contribution in [1.82, 2.24) is 0 Å². The van der Waals surface area contributed by atoms with Crippen LogP contribution in [0.4, 0.5) is 5.69 Å². The van der Waals surface area contributed by atoms with Gasteiger partial charge in [0.25, 0.3) is 0 Å². The SMILES string of the molecule is Nc1cc(O)c2c(c1)CCCC2. The Labute approximate surface area is 72.0 Å². The van der Waals surface area contributed by atoms with E-state index in [-0.39, 0.29) is 0 Å². The fraction of sp³-hybridized carbons (Fsp3) is 0.400. The van der Waals surface area contributed by atoms with Crippen LogP contribution >= 0.6 is 0 Å². The number of benzene rings is 1. The molecule has 64 valence electrons. The van der Waals surface area contributed by atoms with Gasteiger partial charge in [0, 0.05) is 11.8 Å². The summed E-state index contributed by atoms with van der Waals surface area (Å²) in [7, 11) is 0. The number of hydrogen-bond acceptors (Lipinski definition) is 2. The number of fused-ring (bicyclic) bond motifs is 1. The lowest BCUT2D eigenvalue weighted by Gasteiger charge is -2.17. The highest BCUT2D eigenvalue weighted by molar-refractivity contribution is 5.53. The minimum atomic E-state index is 0.379. The van der Waals surface area contributed by atoms with Crippen molar-refractivity contribution in [1.29, 1.82) is 0 Å². The first kappa shape index (κ1) is 7.47. The molecule has 0 saturated carbocycles. The number of nitrogen functional groups attached to an aromatic ring is 1. The summed E-state index contributed by atoms with van der Waals surface area (Å²) in [5.74, 6) is 0.379. The molecule has 0 spiro atoms. The van der Waals surface area contributed by atoms with Gasteiger partial charge < -0.3 is 10.8 Å². The third kappa shape index (κ3) is 1.13. The Morgan fingerprint density at radius 2 is 1.92 bits per heavy atom. The molecule has 1 aromatic rings. The zero-order chi connectivity index (χ0) is 8.55. The van der Waals surface area contributed by atoms with E-state index in [0.717, 1.165) is 18.4 Å². The second kappa shape index (κ2) is 2.70. The van der Waals surface area contributed by atoms with E-state index in [1.54, 1.807) is 6.07 Å². The van der Waals surface area contributed by atoms with Gasteiger partial charge in [-0.3, -0.25) is 0 Å². The standard InChI is InChI=1S/C10H13NO/c11-8-5-7-3-1-2-4-9(7)10(12)6-8/h5-6,12H,1-4,11H2. The number of aromatic hydroxyl groups is 1. The van der Waals surface area contributed by atoms with Gasteiger partial charge in [0.05, 0.1) is 0 Å². The number of phenols is 1. The number of nitrogens with two attached hydrogens (primary N) is 1. The largest absolute Gasteiger partial charge is 0.508 e. The molecule has 0 aromatic heterocycles. The number of anilines is 1.